The largest absolute Gasteiger partial charge is 0.464 e. The van der Waals surface area contributed by atoms with Gasteiger partial charge in [0.2, 0.25) is 5.91 Å². The van der Waals surface area contributed by atoms with Crippen LogP contribution in [0, 0.1) is 11.3 Å². The predicted octanol–water partition coefficient (Wildman–Crippen LogP) is 2.70. The Morgan fingerprint density at radius 2 is 1.52 bits per heavy atom. The first kappa shape index (κ1) is 27.3. The molecule has 4 N–H and O–H groups in total. The van der Waals surface area contributed by atoms with E-state index in [9.17, 15) is 19.5 Å². The second kappa shape index (κ2) is 14.3. The summed E-state index contributed by atoms with van der Waals surface area (Å²) in [7, 11) is 0. The van der Waals surface area contributed by atoms with Crippen LogP contribution < -0.4 is 10.8 Å². The molecule has 3 atom stereocenters. The lowest BCUT2D eigenvalue weighted by atomic mass is 9.86. The molecule has 0 rings (SSSR count). The number of hydrogen-bond donors (Lipinski definition) is 4. The van der Waals surface area contributed by atoms with E-state index in [1.165, 1.54) is 31.7 Å². The van der Waals surface area contributed by atoms with E-state index in [0.29, 0.717) is 12.8 Å². The van der Waals surface area contributed by atoms with E-state index in [1.54, 1.807) is 0 Å². The van der Waals surface area contributed by atoms with E-state index < -0.39 is 41.3 Å². The number of ether oxygens (including phenoxy) is 1. The highest BCUT2D eigenvalue weighted by Crippen LogP contribution is 2.22. The first-order valence-corrected chi connectivity index (χ1v) is 10.6. The molecule has 0 saturated heterocycles. The van der Waals surface area contributed by atoms with Crippen molar-refractivity contribution >= 4 is 17.8 Å². The molecule has 0 spiro atoms. The Kier molecular flexibility index (Phi) is 13.5. The Labute approximate surface area is 174 Å². The number of unbranched alkanes of at least 4 members (excludes halogenated alkanes) is 6. The summed E-state index contributed by atoms with van der Waals surface area (Å²) >= 11 is 0. The van der Waals surface area contributed by atoms with E-state index in [2.05, 4.69) is 12.2 Å². The molecule has 0 aliphatic heterocycles. The molecule has 29 heavy (non-hydrogen) atoms. The SMILES string of the molecule is CCCCCCCCCC(C(=O)NC(COC(C)=O)C(C)(C)C)C(O)C(=O)NO. The number of aliphatic hydroxyl groups excluding tert-OH is 1. The molecule has 0 aliphatic rings. The van der Waals surface area contributed by atoms with Gasteiger partial charge in [-0.1, -0.05) is 72.6 Å². The van der Waals surface area contributed by atoms with Crippen LogP contribution in [-0.2, 0) is 19.1 Å². The standard InChI is InChI=1S/C21H40N2O6/c1-6-7-8-9-10-11-12-13-16(18(25)20(27)23-28)19(26)22-17(21(3,4)5)14-29-15(2)24/h16-18,25,28H,6-14H2,1-5H3,(H,22,26)(H,23,27). The average molecular weight is 417 g/mol. The number of aliphatic hydroxyl groups is 1. The quantitative estimate of drug-likeness (QED) is 0.149. The van der Waals surface area contributed by atoms with Crippen molar-refractivity contribution in [1.82, 2.24) is 10.8 Å². The van der Waals surface area contributed by atoms with Gasteiger partial charge in [-0.15, -0.1) is 0 Å². The van der Waals surface area contributed by atoms with Gasteiger partial charge in [0.15, 0.2) is 0 Å². The maximum absolute atomic E-state index is 12.8. The van der Waals surface area contributed by atoms with Crippen LogP contribution in [0.3, 0.4) is 0 Å². The van der Waals surface area contributed by atoms with Gasteiger partial charge in [-0.05, 0) is 11.8 Å². The molecule has 8 nitrogen and oxygen atoms in total. The summed E-state index contributed by atoms with van der Waals surface area (Å²) in [6.45, 7) is 9.12. The average Bonchev–Trinajstić information content (AvgIpc) is 2.64. The van der Waals surface area contributed by atoms with Crippen LogP contribution >= 0.6 is 0 Å². The highest BCUT2D eigenvalue weighted by molar-refractivity contribution is 5.88. The molecule has 0 aliphatic carbocycles. The van der Waals surface area contributed by atoms with Gasteiger partial charge in [0.05, 0.1) is 12.0 Å². The van der Waals surface area contributed by atoms with E-state index in [0.717, 1.165) is 19.3 Å². The summed E-state index contributed by atoms with van der Waals surface area (Å²) in [6, 6.07) is -0.486. The van der Waals surface area contributed by atoms with Crippen molar-refractivity contribution in [3.05, 3.63) is 0 Å². The normalized spacial score (nSPS) is 14.6. The molecule has 2 amide bonds. The van der Waals surface area contributed by atoms with Crippen LogP contribution in [0.1, 0.15) is 86.0 Å². The van der Waals surface area contributed by atoms with Crippen molar-refractivity contribution < 1.29 is 29.4 Å². The van der Waals surface area contributed by atoms with Gasteiger partial charge in [-0.25, -0.2) is 5.48 Å². The molecule has 3 unspecified atom stereocenters. The molecule has 0 aromatic carbocycles. The summed E-state index contributed by atoms with van der Waals surface area (Å²) in [4.78, 5) is 35.7. The molecule has 0 aromatic rings. The maximum atomic E-state index is 12.8. The molecule has 8 heteroatoms. The minimum atomic E-state index is -1.66. The van der Waals surface area contributed by atoms with Crippen LogP contribution in [0.25, 0.3) is 0 Å². The highest BCUT2D eigenvalue weighted by Gasteiger charge is 2.35. The zero-order valence-corrected chi connectivity index (χ0v) is 18.6. The van der Waals surface area contributed by atoms with Gasteiger partial charge < -0.3 is 15.2 Å². The maximum Gasteiger partial charge on any atom is 0.302 e. The summed E-state index contributed by atoms with van der Waals surface area (Å²) in [5.41, 5.74) is 1.01. The minimum absolute atomic E-state index is 0.00296. The topological polar surface area (TPSA) is 125 Å². The highest BCUT2D eigenvalue weighted by atomic mass is 16.5. The lowest BCUT2D eigenvalue weighted by Gasteiger charge is -2.33. The van der Waals surface area contributed by atoms with Gasteiger partial charge in [-0.3, -0.25) is 19.6 Å². The third-order valence-electron chi connectivity index (χ3n) is 5.03. The summed E-state index contributed by atoms with van der Waals surface area (Å²) in [6.07, 6.45) is 5.96. The van der Waals surface area contributed by atoms with E-state index >= 15 is 0 Å². The Morgan fingerprint density at radius 3 is 2.00 bits per heavy atom. The van der Waals surface area contributed by atoms with E-state index in [4.69, 9.17) is 9.94 Å². The molecule has 0 heterocycles. The third-order valence-corrected chi connectivity index (χ3v) is 5.03. The summed E-state index contributed by atoms with van der Waals surface area (Å²) in [5.74, 6) is -2.97. The third kappa shape index (κ3) is 11.8. The van der Waals surface area contributed by atoms with Crippen LogP contribution in [0.4, 0.5) is 0 Å². The van der Waals surface area contributed by atoms with Gasteiger partial charge in [0, 0.05) is 6.92 Å². The number of nitrogens with one attached hydrogen (secondary N) is 2. The van der Waals surface area contributed by atoms with Gasteiger partial charge in [-0.2, -0.15) is 0 Å². The van der Waals surface area contributed by atoms with Crippen LogP contribution in [0.2, 0.25) is 0 Å². The van der Waals surface area contributed by atoms with Gasteiger partial charge in [0.1, 0.15) is 12.7 Å². The molecule has 0 saturated carbocycles. The zero-order valence-electron chi connectivity index (χ0n) is 18.6. The molecule has 0 aromatic heterocycles. The second-order valence-electron chi connectivity index (χ2n) is 8.67. The second-order valence-corrected chi connectivity index (χ2v) is 8.67. The van der Waals surface area contributed by atoms with Gasteiger partial charge in [0.25, 0.3) is 5.91 Å². The number of esters is 1. The number of carbonyl (C=O) groups is 3. The minimum Gasteiger partial charge on any atom is -0.464 e. The van der Waals surface area contributed by atoms with Crippen LogP contribution in [0.5, 0.6) is 0 Å². The van der Waals surface area contributed by atoms with Crippen LogP contribution in [0.15, 0.2) is 0 Å². The Morgan fingerprint density at radius 1 is 0.966 bits per heavy atom. The first-order valence-electron chi connectivity index (χ1n) is 10.6. The zero-order chi connectivity index (χ0) is 22.4. The fourth-order valence-electron chi connectivity index (χ4n) is 2.99. The molecule has 0 fully saturated rings. The van der Waals surface area contributed by atoms with Crippen molar-refractivity contribution in [2.24, 2.45) is 11.3 Å². The monoisotopic (exact) mass is 416 g/mol. The van der Waals surface area contributed by atoms with Crippen molar-refractivity contribution in [2.45, 2.75) is 98.1 Å². The van der Waals surface area contributed by atoms with Gasteiger partial charge >= 0.3 is 5.97 Å². The van der Waals surface area contributed by atoms with E-state index in [-0.39, 0.29) is 6.61 Å². The van der Waals surface area contributed by atoms with Crippen molar-refractivity contribution in [2.75, 3.05) is 6.61 Å². The first-order chi connectivity index (χ1) is 13.5. The molecular weight excluding hydrogens is 376 g/mol. The summed E-state index contributed by atoms with van der Waals surface area (Å²) in [5, 5.41) is 21.9. The number of amides is 2. The smallest absolute Gasteiger partial charge is 0.302 e. The number of rotatable bonds is 14. The van der Waals surface area contributed by atoms with Crippen molar-refractivity contribution in [1.29, 1.82) is 0 Å². The molecular formula is C21H40N2O6. The molecule has 0 bridgehead atoms. The Balaban J connectivity index is 4.97. The molecule has 0 radical (unpaired) electrons. The number of carbonyl (C=O) groups excluding carboxylic acids is 3. The summed E-state index contributed by atoms with van der Waals surface area (Å²) < 4.78 is 5.05. The predicted molar refractivity (Wildman–Crippen MR) is 110 cm³/mol. The fourth-order valence-corrected chi connectivity index (χ4v) is 2.99. The molecule has 170 valence electrons. The van der Waals surface area contributed by atoms with Crippen LogP contribution in [-0.4, -0.2) is 46.9 Å². The Bertz CT molecular complexity index is 504. The van der Waals surface area contributed by atoms with Crippen molar-refractivity contribution in [3.8, 4) is 0 Å². The number of hydrogen-bond acceptors (Lipinski definition) is 6. The lowest BCUT2D eigenvalue weighted by Crippen LogP contribution is -2.52. The van der Waals surface area contributed by atoms with Crippen molar-refractivity contribution in [3.63, 3.8) is 0 Å². The van der Waals surface area contributed by atoms with E-state index in [1.807, 2.05) is 20.8 Å². The lowest BCUT2D eigenvalue weighted by molar-refractivity contribution is -0.148. The fraction of sp³-hybridized carbons (Fsp3) is 0.857. The number of hydroxylamine groups is 1. The Hall–Kier alpha value is -1.67.